The maximum atomic E-state index is 4.32. The molecule has 1 fully saturated rings. The summed E-state index contributed by atoms with van der Waals surface area (Å²) in [6.07, 6.45) is 3.81. The van der Waals surface area contributed by atoms with Crippen molar-refractivity contribution in [1.29, 1.82) is 0 Å². The first-order valence-electron chi connectivity index (χ1n) is 4.36. The number of aryl methyl sites for hydroxylation is 1. The average Bonchev–Trinajstić information content (AvgIpc) is 2.76. The Balaban J connectivity index is 2.36. The number of nitrogens with one attached hydrogen (secondary N) is 1. The Morgan fingerprint density at radius 1 is 1.55 bits per heavy atom. The fraction of sp³-hybridized carbons (Fsp3) is 0.667. The Labute approximate surface area is 67.0 Å². The van der Waals surface area contributed by atoms with Gasteiger partial charge in [-0.05, 0) is 31.7 Å². The maximum absolute atomic E-state index is 4.32. The second kappa shape index (κ2) is 2.36. The lowest BCUT2D eigenvalue weighted by Crippen LogP contribution is -1.87. The van der Waals surface area contributed by atoms with Gasteiger partial charge in [-0.15, -0.1) is 0 Å². The number of hydrogen-bond donors (Lipinski definition) is 1. The molecule has 1 saturated carbocycles. The zero-order chi connectivity index (χ0) is 7.84. The predicted octanol–water partition coefficient (Wildman–Crippen LogP) is 2.16. The van der Waals surface area contributed by atoms with Crippen molar-refractivity contribution in [2.45, 2.75) is 39.0 Å². The van der Waals surface area contributed by atoms with Crippen molar-refractivity contribution >= 4 is 0 Å². The van der Waals surface area contributed by atoms with E-state index < -0.39 is 0 Å². The summed E-state index contributed by atoms with van der Waals surface area (Å²) in [6.45, 7) is 4.31. The monoisotopic (exact) mass is 150 g/mol. The number of rotatable bonds is 2. The van der Waals surface area contributed by atoms with Gasteiger partial charge in [0.1, 0.15) is 0 Å². The zero-order valence-electron chi connectivity index (χ0n) is 7.15. The molecule has 60 valence electrons. The van der Waals surface area contributed by atoms with E-state index in [1.54, 1.807) is 0 Å². The summed E-state index contributed by atoms with van der Waals surface area (Å²) in [6, 6.07) is 0. The second-order valence-corrected chi connectivity index (χ2v) is 3.34. The molecule has 0 unspecified atom stereocenters. The Bertz CT molecular complexity index is 259. The van der Waals surface area contributed by atoms with E-state index in [0.29, 0.717) is 0 Å². The van der Waals surface area contributed by atoms with Crippen molar-refractivity contribution in [1.82, 2.24) is 10.2 Å². The van der Waals surface area contributed by atoms with Gasteiger partial charge in [-0.2, -0.15) is 5.10 Å². The lowest BCUT2D eigenvalue weighted by molar-refractivity contribution is 0.943. The number of H-pyrrole nitrogens is 1. The molecule has 1 aromatic heterocycles. The smallest absolute Gasteiger partial charge is 0.0687 e. The van der Waals surface area contributed by atoms with Gasteiger partial charge in [-0.1, -0.05) is 6.92 Å². The second-order valence-electron chi connectivity index (χ2n) is 3.34. The summed E-state index contributed by atoms with van der Waals surface area (Å²) in [4.78, 5) is 0. The van der Waals surface area contributed by atoms with Crippen LogP contribution in [-0.4, -0.2) is 10.2 Å². The van der Waals surface area contributed by atoms with E-state index in [9.17, 15) is 0 Å². The van der Waals surface area contributed by atoms with E-state index in [1.807, 2.05) is 0 Å². The Morgan fingerprint density at radius 2 is 2.27 bits per heavy atom. The lowest BCUT2D eigenvalue weighted by atomic mass is 10.1. The van der Waals surface area contributed by atoms with Gasteiger partial charge < -0.3 is 0 Å². The van der Waals surface area contributed by atoms with Crippen molar-refractivity contribution in [3.8, 4) is 0 Å². The largest absolute Gasteiger partial charge is 0.282 e. The van der Waals surface area contributed by atoms with Gasteiger partial charge >= 0.3 is 0 Å². The molecule has 1 aromatic rings. The molecular formula is C9H14N2. The van der Waals surface area contributed by atoms with E-state index in [1.165, 1.54) is 29.8 Å². The average molecular weight is 150 g/mol. The summed E-state index contributed by atoms with van der Waals surface area (Å²) in [5.41, 5.74) is 4.05. The van der Waals surface area contributed by atoms with E-state index in [-0.39, 0.29) is 0 Å². The Kier molecular flexibility index (Phi) is 1.48. The zero-order valence-corrected chi connectivity index (χ0v) is 7.15. The summed E-state index contributed by atoms with van der Waals surface area (Å²) in [7, 11) is 0. The van der Waals surface area contributed by atoms with Crippen LogP contribution in [0, 0.1) is 6.92 Å². The molecule has 2 heteroatoms. The molecule has 0 aliphatic heterocycles. The highest BCUT2D eigenvalue weighted by Gasteiger charge is 2.28. The molecule has 0 bridgehead atoms. The molecule has 1 aliphatic carbocycles. The van der Waals surface area contributed by atoms with Crippen LogP contribution in [0.15, 0.2) is 0 Å². The van der Waals surface area contributed by atoms with E-state index in [4.69, 9.17) is 0 Å². The third-order valence-corrected chi connectivity index (χ3v) is 2.42. The fourth-order valence-corrected chi connectivity index (χ4v) is 1.61. The first-order valence-corrected chi connectivity index (χ1v) is 4.36. The molecular weight excluding hydrogens is 136 g/mol. The minimum absolute atomic E-state index is 0.787. The molecule has 2 nitrogen and oxygen atoms in total. The molecule has 0 saturated heterocycles. The highest BCUT2D eigenvalue weighted by Crippen LogP contribution is 2.41. The van der Waals surface area contributed by atoms with Crippen LogP contribution in [0.4, 0.5) is 0 Å². The highest BCUT2D eigenvalue weighted by molar-refractivity contribution is 5.29. The minimum atomic E-state index is 0.787. The van der Waals surface area contributed by atoms with Crippen LogP contribution in [0.2, 0.25) is 0 Å². The molecule has 11 heavy (non-hydrogen) atoms. The van der Waals surface area contributed by atoms with Crippen LogP contribution in [-0.2, 0) is 6.42 Å². The normalized spacial score (nSPS) is 17.3. The molecule has 1 aliphatic rings. The van der Waals surface area contributed by atoms with Gasteiger partial charge in [0, 0.05) is 11.6 Å². The summed E-state index contributed by atoms with van der Waals surface area (Å²) >= 11 is 0. The van der Waals surface area contributed by atoms with Crippen LogP contribution < -0.4 is 0 Å². The fourth-order valence-electron chi connectivity index (χ4n) is 1.61. The van der Waals surface area contributed by atoms with Crippen LogP contribution in [0.5, 0.6) is 0 Å². The Morgan fingerprint density at radius 3 is 2.82 bits per heavy atom. The molecule has 0 spiro atoms. The topological polar surface area (TPSA) is 28.7 Å². The summed E-state index contributed by atoms with van der Waals surface area (Å²) in [5.74, 6) is 0.787. The van der Waals surface area contributed by atoms with E-state index in [2.05, 4.69) is 24.0 Å². The van der Waals surface area contributed by atoms with Gasteiger partial charge in [0.2, 0.25) is 0 Å². The number of hydrogen-bond acceptors (Lipinski definition) is 1. The summed E-state index contributed by atoms with van der Waals surface area (Å²) < 4.78 is 0. The van der Waals surface area contributed by atoms with Crippen molar-refractivity contribution < 1.29 is 0 Å². The van der Waals surface area contributed by atoms with Gasteiger partial charge in [0.15, 0.2) is 0 Å². The van der Waals surface area contributed by atoms with Crippen LogP contribution in [0.3, 0.4) is 0 Å². The molecule has 0 atom stereocenters. The van der Waals surface area contributed by atoms with Gasteiger partial charge in [0.05, 0.1) is 5.69 Å². The summed E-state index contributed by atoms with van der Waals surface area (Å²) in [5, 5.41) is 7.38. The minimum Gasteiger partial charge on any atom is -0.282 e. The van der Waals surface area contributed by atoms with Crippen LogP contribution >= 0.6 is 0 Å². The van der Waals surface area contributed by atoms with Gasteiger partial charge in [-0.3, -0.25) is 5.10 Å². The van der Waals surface area contributed by atoms with Crippen molar-refractivity contribution in [2.24, 2.45) is 0 Å². The third kappa shape index (κ3) is 1.06. The quantitative estimate of drug-likeness (QED) is 0.687. The molecule has 0 amide bonds. The van der Waals surface area contributed by atoms with Gasteiger partial charge in [0.25, 0.3) is 0 Å². The number of nitrogens with zero attached hydrogens (tertiary/aromatic N) is 1. The van der Waals surface area contributed by atoms with Crippen LogP contribution in [0.25, 0.3) is 0 Å². The molecule has 1 heterocycles. The Hall–Kier alpha value is -0.790. The standard InChI is InChI=1S/C9H14N2/c1-3-8-6(2)10-11-9(8)7-4-5-7/h7H,3-5H2,1-2H3,(H,10,11). The lowest BCUT2D eigenvalue weighted by Gasteiger charge is -1.95. The van der Waals surface area contributed by atoms with Gasteiger partial charge in [-0.25, -0.2) is 0 Å². The van der Waals surface area contributed by atoms with E-state index in [0.717, 1.165) is 12.3 Å². The highest BCUT2D eigenvalue weighted by atomic mass is 15.1. The first-order chi connectivity index (χ1) is 5.33. The molecule has 0 aromatic carbocycles. The van der Waals surface area contributed by atoms with Crippen molar-refractivity contribution in [3.05, 3.63) is 17.0 Å². The molecule has 2 rings (SSSR count). The SMILES string of the molecule is CCc1c(C2CC2)n[nH]c1C. The number of aromatic amines is 1. The van der Waals surface area contributed by atoms with Crippen LogP contribution in [0.1, 0.15) is 42.6 Å². The van der Waals surface area contributed by atoms with Crippen molar-refractivity contribution in [3.63, 3.8) is 0 Å². The van der Waals surface area contributed by atoms with E-state index >= 15 is 0 Å². The molecule has 0 radical (unpaired) electrons. The molecule has 1 N–H and O–H groups in total. The van der Waals surface area contributed by atoms with Crippen molar-refractivity contribution in [2.75, 3.05) is 0 Å². The number of aromatic nitrogens is 2. The first kappa shape index (κ1) is 6.89. The maximum Gasteiger partial charge on any atom is 0.0687 e. The third-order valence-electron chi connectivity index (χ3n) is 2.42. The predicted molar refractivity (Wildman–Crippen MR) is 44.7 cm³/mol.